The van der Waals surface area contributed by atoms with Gasteiger partial charge in [0.1, 0.15) is 0 Å². The number of hydrogen-bond acceptors (Lipinski definition) is 5. The summed E-state index contributed by atoms with van der Waals surface area (Å²) in [7, 11) is 0. The van der Waals surface area contributed by atoms with Gasteiger partial charge in [0.05, 0.1) is 0 Å². The lowest BCUT2D eigenvalue weighted by Gasteiger charge is -2.34. The monoisotopic (exact) mass is 404 g/mol. The summed E-state index contributed by atoms with van der Waals surface area (Å²) in [5.74, 6) is 1.25. The van der Waals surface area contributed by atoms with Gasteiger partial charge in [-0.3, -0.25) is 9.69 Å². The summed E-state index contributed by atoms with van der Waals surface area (Å²) < 4.78 is 5.36. The molecule has 6 nitrogen and oxygen atoms in total. The van der Waals surface area contributed by atoms with E-state index in [4.69, 9.17) is 4.52 Å². The van der Waals surface area contributed by atoms with Gasteiger partial charge in [-0.2, -0.15) is 4.98 Å². The Morgan fingerprint density at radius 2 is 1.70 bits per heavy atom. The Kier molecular flexibility index (Phi) is 6.54. The molecule has 0 saturated carbocycles. The minimum atomic E-state index is 0.154. The first-order valence-corrected chi connectivity index (χ1v) is 10.7. The van der Waals surface area contributed by atoms with Crippen molar-refractivity contribution in [2.75, 3.05) is 26.2 Å². The Morgan fingerprint density at radius 1 is 0.967 bits per heavy atom. The van der Waals surface area contributed by atoms with Crippen molar-refractivity contribution in [1.29, 1.82) is 0 Å². The molecule has 156 valence electrons. The summed E-state index contributed by atoms with van der Waals surface area (Å²) in [5.41, 5.74) is 3.52. The lowest BCUT2D eigenvalue weighted by atomic mass is 10.1. The highest BCUT2D eigenvalue weighted by Gasteiger charge is 2.21. The second kappa shape index (κ2) is 9.67. The second-order valence-electron chi connectivity index (χ2n) is 7.70. The van der Waals surface area contributed by atoms with Crippen molar-refractivity contribution >= 4 is 5.91 Å². The van der Waals surface area contributed by atoms with Crippen LogP contribution in [0.1, 0.15) is 30.4 Å². The van der Waals surface area contributed by atoms with E-state index in [1.54, 1.807) is 0 Å². The number of amides is 1. The zero-order valence-electron chi connectivity index (χ0n) is 17.5. The fourth-order valence-electron chi connectivity index (χ4n) is 3.73. The molecular formula is C24H28N4O2. The van der Waals surface area contributed by atoms with E-state index in [-0.39, 0.29) is 5.91 Å². The quantitative estimate of drug-likeness (QED) is 0.602. The number of aryl methyl sites for hydroxylation is 2. The summed E-state index contributed by atoms with van der Waals surface area (Å²) in [6, 6.07) is 18.6. The molecule has 2 aromatic carbocycles. The molecule has 1 fully saturated rings. The minimum absolute atomic E-state index is 0.154. The van der Waals surface area contributed by atoms with Crippen LogP contribution in [0.4, 0.5) is 0 Å². The third kappa shape index (κ3) is 5.13. The number of benzene rings is 2. The fourth-order valence-corrected chi connectivity index (χ4v) is 3.73. The molecular weight excluding hydrogens is 376 g/mol. The van der Waals surface area contributed by atoms with E-state index < -0.39 is 0 Å². The minimum Gasteiger partial charge on any atom is -0.340 e. The van der Waals surface area contributed by atoms with Gasteiger partial charge in [0.25, 0.3) is 0 Å². The van der Waals surface area contributed by atoms with E-state index in [2.05, 4.69) is 58.4 Å². The van der Waals surface area contributed by atoms with E-state index in [0.717, 1.165) is 44.7 Å². The number of rotatable bonds is 7. The summed E-state index contributed by atoms with van der Waals surface area (Å²) in [6.45, 7) is 6.40. The maximum Gasteiger partial charge on any atom is 0.227 e. The molecule has 0 spiro atoms. The maximum atomic E-state index is 12.6. The van der Waals surface area contributed by atoms with Crippen LogP contribution >= 0.6 is 0 Å². The zero-order valence-corrected chi connectivity index (χ0v) is 17.5. The average molecular weight is 405 g/mol. The van der Waals surface area contributed by atoms with Crippen LogP contribution in [0.3, 0.4) is 0 Å². The van der Waals surface area contributed by atoms with Gasteiger partial charge in [-0.05, 0) is 17.5 Å². The largest absolute Gasteiger partial charge is 0.340 e. The lowest BCUT2D eigenvalue weighted by molar-refractivity contribution is -0.133. The van der Waals surface area contributed by atoms with Crippen LogP contribution in [0.15, 0.2) is 59.1 Å². The number of aromatic nitrogens is 2. The van der Waals surface area contributed by atoms with E-state index in [1.165, 1.54) is 11.1 Å². The highest BCUT2D eigenvalue weighted by atomic mass is 16.5. The van der Waals surface area contributed by atoms with Crippen LogP contribution in [0.5, 0.6) is 0 Å². The van der Waals surface area contributed by atoms with Crippen LogP contribution in [-0.2, 0) is 24.2 Å². The third-order valence-corrected chi connectivity index (χ3v) is 5.62. The number of carbonyl (C=O) groups excluding carboxylic acids is 1. The predicted octanol–water partition coefficient (Wildman–Crippen LogP) is 3.58. The summed E-state index contributed by atoms with van der Waals surface area (Å²) in [4.78, 5) is 21.4. The van der Waals surface area contributed by atoms with Crippen LogP contribution in [0.2, 0.25) is 0 Å². The molecule has 0 atom stereocenters. The number of carbonyl (C=O) groups is 1. The molecule has 1 aliphatic heterocycles. The zero-order chi connectivity index (χ0) is 20.8. The Balaban J connectivity index is 1.24. The van der Waals surface area contributed by atoms with Crippen molar-refractivity contribution in [1.82, 2.24) is 19.9 Å². The molecule has 0 bridgehead atoms. The van der Waals surface area contributed by atoms with Crippen LogP contribution in [-0.4, -0.2) is 52.0 Å². The van der Waals surface area contributed by atoms with Gasteiger partial charge >= 0.3 is 0 Å². The molecule has 0 radical (unpaired) electrons. The smallest absolute Gasteiger partial charge is 0.227 e. The van der Waals surface area contributed by atoms with Crippen molar-refractivity contribution in [2.24, 2.45) is 0 Å². The first-order valence-electron chi connectivity index (χ1n) is 10.7. The molecule has 2 heterocycles. The molecule has 1 aromatic heterocycles. The lowest BCUT2D eigenvalue weighted by Crippen LogP contribution is -2.48. The van der Waals surface area contributed by atoms with Gasteiger partial charge in [0.15, 0.2) is 0 Å². The number of piperazine rings is 1. The van der Waals surface area contributed by atoms with Gasteiger partial charge in [-0.25, -0.2) is 0 Å². The Hall–Kier alpha value is -2.99. The Labute approximate surface area is 177 Å². The molecule has 3 aromatic rings. The van der Waals surface area contributed by atoms with Crippen molar-refractivity contribution < 1.29 is 9.32 Å². The van der Waals surface area contributed by atoms with Gasteiger partial charge < -0.3 is 9.42 Å². The molecule has 30 heavy (non-hydrogen) atoms. The SMILES string of the molecule is CCc1ccc(-c2noc(CCC(=O)N3CCN(Cc4ccccc4)CC3)n2)cc1. The van der Waals surface area contributed by atoms with Gasteiger partial charge in [-0.1, -0.05) is 66.7 Å². The normalized spacial score (nSPS) is 14.8. The molecule has 1 aliphatic rings. The van der Waals surface area contributed by atoms with E-state index in [9.17, 15) is 4.79 Å². The van der Waals surface area contributed by atoms with Gasteiger partial charge in [0, 0.05) is 51.1 Å². The summed E-state index contributed by atoms with van der Waals surface area (Å²) in [5, 5.41) is 4.06. The molecule has 4 rings (SSSR count). The molecule has 0 unspecified atom stereocenters. The van der Waals surface area contributed by atoms with Crippen molar-refractivity contribution in [3.8, 4) is 11.4 Å². The highest BCUT2D eigenvalue weighted by Crippen LogP contribution is 2.18. The average Bonchev–Trinajstić information content (AvgIpc) is 3.28. The fraction of sp³-hybridized carbons (Fsp3) is 0.375. The number of nitrogens with zero attached hydrogens (tertiary/aromatic N) is 4. The standard InChI is InChI=1S/C24H28N4O2/c1-2-19-8-10-21(11-9-19)24-25-22(30-26-24)12-13-23(29)28-16-14-27(15-17-28)18-20-6-4-3-5-7-20/h3-11H,2,12-18H2,1H3. The van der Waals surface area contributed by atoms with Crippen molar-refractivity contribution in [3.05, 3.63) is 71.6 Å². The van der Waals surface area contributed by atoms with Crippen LogP contribution in [0.25, 0.3) is 11.4 Å². The Bertz CT molecular complexity index is 945. The van der Waals surface area contributed by atoms with E-state index >= 15 is 0 Å². The van der Waals surface area contributed by atoms with Gasteiger partial charge in [0.2, 0.25) is 17.6 Å². The van der Waals surface area contributed by atoms with Crippen molar-refractivity contribution in [3.63, 3.8) is 0 Å². The number of hydrogen-bond donors (Lipinski definition) is 0. The summed E-state index contributed by atoms with van der Waals surface area (Å²) >= 11 is 0. The highest BCUT2D eigenvalue weighted by molar-refractivity contribution is 5.76. The molecule has 1 saturated heterocycles. The summed E-state index contributed by atoms with van der Waals surface area (Å²) in [6.07, 6.45) is 1.87. The van der Waals surface area contributed by atoms with Crippen LogP contribution < -0.4 is 0 Å². The van der Waals surface area contributed by atoms with Gasteiger partial charge in [-0.15, -0.1) is 0 Å². The maximum absolute atomic E-state index is 12.6. The predicted molar refractivity (Wildman–Crippen MR) is 116 cm³/mol. The first kappa shape index (κ1) is 20.3. The third-order valence-electron chi connectivity index (χ3n) is 5.62. The second-order valence-corrected chi connectivity index (χ2v) is 7.70. The molecule has 0 N–H and O–H groups in total. The topological polar surface area (TPSA) is 62.5 Å². The molecule has 1 amide bonds. The molecule has 6 heteroatoms. The first-order chi connectivity index (χ1) is 14.7. The van der Waals surface area contributed by atoms with E-state index in [1.807, 2.05) is 23.1 Å². The van der Waals surface area contributed by atoms with Crippen LogP contribution in [0, 0.1) is 0 Å². The van der Waals surface area contributed by atoms with E-state index in [0.29, 0.717) is 24.6 Å². The molecule has 0 aliphatic carbocycles. The van der Waals surface area contributed by atoms with Crippen molar-refractivity contribution in [2.45, 2.75) is 32.7 Å². The Morgan fingerprint density at radius 3 is 2.40 bits per heavy atom.